The van der Waals surface area contributed by atoms with E-state index >= 15 is 0 Å². The number of halogens is 1. The van der Waals surface area contributed by atoms with Gasteiger partial charge in [-0.3, -0.25) is 4.79 Å². The van der Waals surface area contributed by atoms with Crippen LogP contribution in [0.4, 0.5) is 0 Å². The molecule has 2 heterocycles. The summed E-state index contributed by atoms with van der Waals surface area (Å²) in [5.41, 5.74) is 1.04. The normalized spacial score (nSPS) is 26.9. The van der Waals surface area contributed by atoms with Crippen molar-refractivity contribution in [2.75, 3.05) is 26.3 Å². The van der Waals surface area contributed by atoms with Crippen molar-refractivity contribution < 1.29 is 19.4 Å². The van der Waals surface area contributed by atoms with Crippen LogP contribution in [0.2, 0.25) is 0 Å². The Morgan fingerprint density at radius 2 is 2.00 bits per heavy atom. The molecule has 2 fully saturated rings. The van der Waals surface area contributed by atoms with Gasteiger partial charge in [-0.05, 0) is 76.4 Å². The Labute approximate surface area is 167 Å². The van der Waals surface area contributed by atoms with E-state index < -0.39 is 17.2 Å². The minimum atomic E-state index is -0.739. The average Bonchev–Trinajstić information content (AvgIpc) is 2.62. The van der Waals surface area contributed by atoms with Gasteiger partial charge in [-0.1, -0.05) is 6.07 Å². The number of hydrogen-bond acceptors (Lipinski definition) is 5. The van der Waals surface area contributed by atoms with Crippen molar-refractivity contribution in [1.29, 1.82) is 0 Å². The zero-order valence-corrected chi connectivity index (χ0v) is 17.2. The van der Waals surface area contributed by atoms with E-state index in [2.05, 4.69) is 10.6 Å². The van der Waals surface area contributed by atoms with Crippen LogP contribution in [0.15, 0.2) is 18.2 Å². The van der Waals surface area contributed by atoms with E-state index in [1.807, 2.05) is 39.0 Å². The molecule has 0 bridgehead atoms. The fourth-order valence-electron chi connectivity index (χ4n) is 3.97. The zero-order valence-electron chi connectivity index (χ0n) is 16.3. The van der Waals surface area contributed by atoms with Gasteiger partial charge in [0, 0.05) is 6.61 Å². The van der Waals surface area contributed by atoms with Gasteiger partial charge in [0.1, 0.15) is 11.9 Å². The van der Waals surface area contributed by atoms with Gasteiger partial charge in [-0.2, -0.15) is 0 Å². The highest BCUT2D eigenvalue weighted by molar-refractivity contribution is 5.85. The molecule has 6 nitrogen and oxygen atoms in total. The van der Waals surface area contributed by atoms with E-state index in [-0.39, 0.29) is 24.9 Å². The molecule has 0 aliphatic carbocycles. The number of ether oxygens (including phenoxy) is 2. The third kappa shape index (κ3) is 4.74. The minimum absolute atomic E-state index is 0. The SMILES string of the molecule is Cc1ccc(OCC(=O)N[C@]2(C)CCOC3(CCNCC3)[C@H]2O)cc1C.Cl. The van der Waals surface area contributed by atoms with Crippen molar-refractivity contribution in [3.05, 3.63) is 29.3 Å². The Balaban J connectivity index is 0.00000261. The summed E-state index contributed by atoms with van der Waals surface area (Å²) in [6.07, 6.45) is 1.34. The molecule has 1 aromatic carbocycles. The summed E-state index contributed by atoms with van der Waals surface area (Å²) >= 11 is 0. The van der Waals surface area contributed by atoms with Gasteiger partial charge in [0.2, 0.25) is 0 Å². The average molecular weight is 399 g/mol. The lowest BCUT2D eigenvalue weighted by Crippen LogP contribution is -2.69. The predicted octanol–water partition coefficient (Wildman–Crippen LogP) is 1.88. The van der Waals surface area contributed by atoms with Crippen molar-refractivity contribution >= 4 is 18.3 Å². The maximum absolute atomic E-state index is 12.5. The first-order chi connectivity index (χ1) is 12.3. The number of aliphatic hydroxyl groups is 1. The van der Waals surface area contributed by atoms with E-state index in [0.29, 0.717) is 18.8 Å². The number of piperidine rings is 1. The largest absolute Gasteiger partial charge is 0.484 e. The molecule has 1 aromatic rings. The molecule has 152 valence electrons. The fourth-order valence-corrected chi connectivity index (χ4v) is 3.97. The van der Waals surface area contributed by atoms with Gasteiger partial charge >= 0.3 is 0 Å². The molecule has 1 spiro atoms. The highest BCUT2D eigenvalue weighted by Crippen LogP contribution is 2.38. The maximum atomic E-state index is 12.5. The van der Waals surface area contributed by atoms with Gasteiger partial charge in [-0.15, -0.1) is 12.4 Å². The van der Waals surface area contributed by atoms with Crippen molar-refractivity contribution in [3.8, 4) is 5.75 Å². The Morgan fingerprint density at radius 1 is 1.30 bits per heavy atom. The Morgan fingerprint density at radius 3 is 2.67 bits per heavy atom. The van der Waals surface area contributed by atoms with Crippen molar-refractivity contribution in [3.63, 3.8) is 0 Å². The first-order valence-electron chi connectivity index (χ1n) is 9.38. The predicted molar refractivity (Wildman–Crippen MR) is 107 cm³/mol. The second-order valence-electron chi connectivity index (χ2n) is 7.82. The van der Waals surface area contributed by atoms with E-state index in [0.717, 1.165) is 31.5 Å². The summed E-state index contributed by atoms with van der Waals surface area (Å²) in [7, 11) is 0. The van der Waals surface area contributed by atoms with Crippen LogP contribution in [0.5, 0.6) is 5.75 Å². The van der Waals surface area contributed by atoms with E-state index in [4.69, 9.17) is 9.47 Å². The molecule has 0 saturated carbocycles. The molecule has 7 heteroatoms. The van der Waals surface area contributed by atoms with Gasteiger partial charge in [-0.25, -0.2) is 0 Å². The number of hydrogen-bond donors (Lipinski definition) is 3. The van der Waals surface area contributed by atoms with Crippen LogP contribution < -0.4 is 15.4 Å². The van der Waals surface area contributed by atoms with Gasteiger partial charge in [0.05, 0.1) is 11.1 Å². The van der Waals surface area contributed by atoms with E-state index in [1.54, 1.807) is 0 Å². The number of amides is 1. The maximum Gasteiger partial charge on any atom is 0.258 e. The third-order valence-electron chi connectivity index (χ3n) is 5.84. The molecule has 0 aromatic heterocycles. The lowest BCUT2D eigenvalue weighted by Gasteiger charge is -2.52. The number of nitrogens with one attached hydrogen (secondary N) is 2. The molecule has 2 saturated heterocycles. The van der Waals surface area contributed by atoms with E-state index in [1.165, 1.54) is 5.56 Å². The molecular formula is C20H31ClN2O4. The quantitative estimate of drug-likeness (QED) is 0.721. The Kier molecular flexibility index (Phi) is 7.14. The number of carbonyl (C=O) groups excluding carboxylic acids is 1. The highest BCUT2D eigenvalue weighted by atomic mass is 35.5. The van der Waals surface area contributed by atoms with Gasteiger partial charge in [0.25, 0.3) is 5.91 Å². The molecule has 2 aliphatic heterocycles. The zero-order chi connectivity index (χ0) is 18.8. The van der Waals surface area contributed by atoms with Crippen LogP contribution in [-0.2, 0) is 9.53 Å². The number of aryl methyl sites for hydroxylation is 2. The van der Waals surface area contributed by atoms with Crippen LogP contribution in [0.25, 0.3) is 0 Å². The molecular weight excluding hydrogens is 368 g/mol. The third-order valence-corrected chi connectivity index (χ3v) is 5.84. The molecule has 0 unspecified atom stereocenters. The molecule has 1 amide bonds. The first kappa shape index (κ1) is 22.0. The number of benzene rings is 1. The molecule has 3 N–H and O–H groups in total. The molecule has 27 heavy (non-hydrogen) atoms. The van der Waals surface area contributed by atoms with Gasteiger partial charge in [0.15, 0.2) is 6.61 Å². The van der Waals surface area contributed by atoms with Crippen molar-refractivity contribution in [2.24, 2.45) is 0 Å². The monoisotopic (exact) mass is 398 g/mol. The van der Waals surface area contributed by atoms with Crippen LogP contribution in [-0.4, -0.2) is 54.6 Å². The minimum Gasteiger partial charge on any atom is -0.484 e. The summed E-state index contributed by atoms with van der Waals surface area (Å²) in [6, 6.07) is 5.77. The first-order valence-corrected chi connectivity index (χ1v) is 9.38. The summed E-state index contributed by atoms with van der Waals surface area (Å²) < 4.78 is 11.6. The van der Waals surface area contributed by atoms with Crippen LogP contribution in [0.3, 0.4) is 0 Å². The highest BCUT2D eigenvalue weighted by Gasteiger charge is 2.53. The Bertz CT molecular complexity index is 658. The molecule has 3 rings (SSSR count). The molecule has 0 radical (unpaired) electrons. The van der Waals surface area contributed by atoms with Crippen LogP contribution in [0.1, 0.15) is 37.3 Å². The summed E-state index contributed by atoms with van der Waals surface area (Å²) in [4.78, 5) is 12.5. The summed E-state index contributed by atoms with van der Waals surface area (Å²) in [6.45, 7) is 8.05. The lowest BCUT2D eigenvalue weighted by atomic mass is 9.73. The van der Waals surface area contributed by atoms with Gasteiger partial charge < -0.3 is 25.2 Å². The van der Waals surface area contributed by atoms with Crippen molar-refractivity contribution in [1.82, 2.24) is 10.6 Å². The summed E-state index contributed by atoms with van der Waals surface area (Å²) in [5, 5.41) is 17.3. The Hall–Kier alpha value is -1.34. The standard InChI is InChI=1S/C20H30N2O4.ClH/c1-14-4-5-16(12-15(14)2)25-13-17(23)22-19(3)8-11-26-20(18(19)24)6-9-21-10-7-20;/h4-5,12,18,21,24H,6-11,13H2,1-3H3,(H,22,23);1H/t18-,19+;/m0./s1. The second kappa shape index (κ2) is 8.78. The van der Waals surface area contributed by atoms with Crippen LogP contribution in [0, 0.1) is 13.8 Å². The van der Waals surface area contributed by atoms with Crippen molar-refractivity contribution in [2.45, 2.75) is 57.3 Å². The topological polar surface area (TPSA) is 79.8 Å². The smallest absolute Gasteiger partial charge is 0.258 e. The lowest BCUT2D eigenvalue weighted by molar-refractivity contribution is -0.200. The summed E-state index contributed by atoms with van der Waals surface area (Å²) in [5.74, 6) is 0.450. The number of carbonyl (C=O) groups is 1. The second-order valence-corrected chi connectivity index (χ2v) is 7.82. The molecule has 2 atom stereocenters. The fraction of sp³-hybridized carbons (Fsp3) is 0.650. The van der Waals surface area contributed by atoms with Crippen LogP contribution >= 0.6 is 12.4 Å². The van der Waals surface area contributed by atoms with E-state index in [9.17, 15) is 9.90 Å². The number of rotatable bonds is 4. The molecule has 2 aliphatic rings. The number of aliphatic hydroxyl groups excluding tert-OH is 1.